The Labute approximate surface area is 151 Å². The summed E-state index contributed by atoms with van der Waals surface area (Å²) in [7, 11) is -3.69. The van der Waals surface area contributed by atoms with E-state index in [0.29, 0.717) is 17.1 Å². The molecule has 0 aliphatic heterocycles. The summed E-state index contributed by atoms with van der Waals surface area (Å²) in [6, 6.07) is 18.0. The Morgan fingerprint density at radius 1 is 0.885 bits per heavy atom. The minimum Gasteiger partial charge on any atom is -0.465 e. The van der Waals surface area contributed by atoms with Crippen molar-refractivity contribution in [3.8, 4) is 0 Å². The average molecular weight is 368 g/mol. The van der Waals surface area contributed by atoms with Gasteiger partial charge in [0.2, 0.25) is 5.91 Å². The Morgan fingerprint density at radius 3 is 2.27 bits per heavy atom. The summed E-state index contributed by atoms with van der Waals surface area (Å²) < 4.78 is 32.3. The van der Waals surface area contributed by atoms with Crippen molar-refractivity contribution in [1.82, 2.24) is 0 Å². The van der Waals surface area contributed by atoms with E-state index in [2.05, 4.69) is 10.0 Å². The van der Waals surface area contributed by atoms with Gasteiger partial charge in [0.05, 0.1) is 11.2 Å². The summed E-state index contributed by atoms with van der Waals surface area (Å²) in [5, 5.41) is 2.65. The van der Waals surface area contributed by atoms with Crippen LogP contribution in [-0.4, -0.2) is 14.3 Å². The van der Waals surface area contributed by atoms with Crippen molar-refractivity contribution in [2.45, 2.75) is 4.90 Å². The zero-order chi connectivity index (χ0) is 18.4. The van der Waals surface area contributed by atoms with Gasteiger partial charge in [-0.15, -0.1) is 0 Å². The molecule has 0 bridgehead atoms. The molecule has 3 rings (SSSR count). The van der Waals surface area contributed by atoms with Gasteiger partial charge in [-0.25, -0.2) is 8.42 Å². The van der Waals surface area contributed by atoms with E-state index in [9.17, 15) is 13.2 Å². The molecule has 2 N–H and O–H groups in total. The fourth-order valence-corrected chi connectivity index (χ4v) is 3.22. The van der Waals surface area contributed by atoms with Crippen LogP contribution in [0.25, 0.3) is 6.08 Å². The molecule has 0 radical (unpaired) electrons. The number of para-hydroxylation sites is 1. The number of amides is 1. The number of carbonyl (C=O) groups is 1. The van der Waals surface area contributed by atoms with Gasteiger partial charge < -0.3 is 9.73 Å². The molecule has 3 aromatic rings. The van der Waals surface area contributed by atoms with Crippen molar-refractivity contribution in [2.24, 2.45) is 0 Å². The first kappa shape index (κ1) is 17.5. The minimum absolute atomic E-state index is 0.102. The predicted molar refractivity (Wildman–Crippen MR) is 100 cm³/mol. The van der Waals surface area contributed by atoms with Crippen molar-refractivity contribution in [3.63, 3.8) is 0 Å². The average Bonchev–Trinajstić information content (AvgIpc) is 3.14. The maximum absolute atomic E-state index is 12.3. The number of furan rings is 1. The van der Waals surface area contributed by atoms with E-state index in [-0.39, 0.29) is 10.8 Å². The van der Waals surface area contributed by atoms with Gasteiger partial charge in [0.25, 0.3) is 10.0 Å². The molecular formula is C19H16N2O4S. The van der Waals surface area contributed by atoms with Crippen LogP contribution < -0.4 is 10.0 Å². The quantitative estimate of drug-likeness (QED) is 0.649. The van der Waals surface area contributed by atoms with Crippen molar-refractivity contribution in [3.05, 3.63) is 84.8 Å². The molecule has 26 heavy (non-hydrogen) atoms. The molecule has 7 heteroatoms. The van der Waals surface area contributed by atoms with Gasteiger partial charge in [0, 0.05) is 17.5 Å². The van der Waals surface area contributed by atoms with Crippen LogP contribution in [0.3, 0.4) is 0 Å². The van der Waals surface area contributed by atoms with Gasteiger partial charge in [-0.2, -0.15) is 0 Å². The van der Waals surface area contributed by atoms with Crippen LogP contribution in [0.2, 0.25) is 0 Å². The first-order valence-electron chi connectivity index (χ1n) is 7.73. The van der Waals surface area contributed by atoms with Gasteiger partial charge >= 0.3 is 0 Å². The lowest BCUT2D eigenvalue weighted by Crippen LogP contribution is -2.13. The normalized spacial score (nSPS) is 11.4. The standard InChI is InChI=1S/C19H16N2O4S/c22-19(13-10-17-7-4-14-25-17)20-15-8-11-18(12-9-15)26(23,24)21-16-5-2-1-3-6-16/h1-14,21H,(H,20,22)/b13-10+. The molecule has 0 saturated heterocycles. The van der Waals surface area contributed by atoms with Crippen LogP contribution in [0.15, 0.2) is 88.4 Å². The van der Waals surface area contributed by atoms with Crippen LogP contribution in [0.4, 0.5) is 11.4 Å². The lowest BCUT2D eigenvalue weighted by Gasteiger charge is -2.09. The van der Waals surface area contributed by atoms with Gasteiger partial charge in [0.1, 0.15) is 5.76 Å². The number of carbonyl (C=O) groups excluding carboxylic acids is 1. The van der Waals surface area contributed by atoms with Gasteiger partial charge in [0.15, 0.2) is 0 Å². The van der Waals surface area contributed by atoms with E-state index in [1.807, 2.05) is 0 Å². The van der Waals surface area contributed by atoms with Gasteiger partial charge in [-0.1, -0.05) is 18.2 Å². The number of sulfonamides is 1. The summed E-state index contributed by atoms with van der Waals surface area (Å²) in [6.45, 7) is 0. The Morgan fingerprint density at radius 2 is 1.62 bits per heavy atom. The van der Waals surface area contributed by atoms with Crippen LogP contribution >= 0.6 is 0 Å². The summed E-state index contributed by atoms with van der Waals surface area (Å²) >= 11 is 0. The number of hydrogen-bond donors (Lipinski definition) is 2. The van der Waals surface area contributed by atoms with Crippen LogP contribution in [-0.2, 0) is 14.8 Å². The maximum atomic E-state index is 12.3. The fraction of sp³-hybridized carbons (Fsp3) is 0. The topological polar surface area (TPSA) is 88.4 Å². The summed E-state index contributed by atoms with van der Waals surface area (Å²) in [6.07, 6.45) is 4.39. The maximum Gasteiger partial charge on any atom is 0.261 e. The lowest BCUT2D eigenvalue weighted by molar-refractivity contribution is -0.111. The molecule has 0 atom stereocenters. The van der Waals surface area contributed by atoms with Crippen LogP contribution in [0.1, 0.15) is 5.76 Å². The van der Waals surface area contributed by atoms with E-state index < -0.39 is 10.0 Å². The molecule has 0 unspecified atom stereocenters. The molecule has 1 amide bonds. The van der Waals surface area contributed by atoms with Crippen molar-refractivity contribution in [1.29, 1.82) is 0 Å². The molecule has 132 valence electrons. The fourth-order valence-electron chi connectivity index (χ4n) is 2.17. The monoisotopic (exact) mass is 368 g/mol. The Balaban J connectivity index is 1.65. The molecule has 0 aliphatic carbocycles. The number of hydrogen-bond acceptors (Lipinski definition) is 4. The lowest BCUT2D eigenvalue weighted by atomic mass is 10.3. The van der Waals surface area contributed by atoms with Crippen molar-refractivity contribution >= 4 is 33.4 Å². The van der Waals surface area contributed by atoms with Gasteiger partial charge in [-0.3, -0.25) is 9.52 Å². The van der Waals surface area contributed by atoms with E-state index in [0.717, 1.165) is 0 Å². The minimum atomic E-state index is -3.69. The van der Waals surface area contributed by atoms with Crippen LogP contribution in [0, 0.1) is 0 Å². The summed E-state index contributed by atoms with van der Waals surface area (Å²) in [5.74, 6) is 0.216. The second kappa shape index (κ2) is 7.71. The number of benzene rings is 2. The number of rotatable bonds is 6. The molecular weight excluding hydrogens is 352 g/mol. The molecule has 2 aromatic carbocycles. The third-order valence-corrected chi connectivity index (χ3v) is 4.80. The Hall–Kier alpha value is -3.32. The largest absolute Gasteiger partial charge is 0.465 e. The highest BCUT2D eigenvalue weighted by molar-refractivity contribution is 7.92. The highest BCUT2D eigenvalue weighted by Gasteiger charge is 2.14. The molecule has 0 fully saturated rings. The zero-order valence-corrected chi connectivity index (χ0v) is 14.4. The number of anilines is 2. The van der Waals surface area contributed by atoms with E-state index >= 15 is 0 Å². The van der Waals surface area contributed by atoms with E-state index in [4.69, 9.17) is 4.42 Å². The van der Waals surface area contributed by atoms with Gasteiger partial charge in [-0.05, 0) is 54.6 Å². The molecule has 0 saturated carbocycles. The van der Waals surface area contributed by atoms with E-state index in [1.54, 1.807) is 42.5 Å². The summed E-state index contributed by atoms with van der Waals surface area (Å²) in [5.41, 5.74) is 0.964. The molecule has 6 nitrogen and oxygen atoms in total. The van der Waals surface area contributed by atoms with Crippen molar-refractivity contribution < 1.29 is 17.6 Å². The summed E-state index contributed by atoms with van der Waals surface area (Å²) in [4.78, 5) is 12.0. The van der Waals surface area contributed by atoms with Crippen molar-refractivity contribution in [2.75, 3.05) is 10.0 Å². The SMILES string of the molecule is O=C(/C=C/c1ccco1)Nc1ccc(S(=O)(=O)Nc2ccccc2)cc1. The first-order valence-corrected chi connectivity index (χ1v) is 9.22. The second-order valence-electron chi connectivity index (χ2n) is 5.33. The predicted octanol–water partition coefficient (Wildman–Crippen LogP) is 3.73. The zero-order valence-electron chi connectivity index (χ0n) is 13.6. The molecule has 1 heterocycles. The van der Waals surface area contributed by atoms with E-state index in [1.165, 1.54) is 42.7 Å². The second-order valence-corrected chi connectivity index (χ2v) is 7.02. The molecule has 1 aromatic heterocycles. The molecule has 0 spiro atoms. The molecule has 0 aliphatic rings. The Kier molecular flexibility index (Phi) is 5.19. The number of nitrogens with one attached hydrogen (secondary N) is 2. The Bertz CT molecular complexity index is 993. The highest BCUT2D eigenvalue weighted by Crippen LogP contribution is 2.18. The highest BCUT2D eigenvalue weighted by atomic mass is 32.2. The third kappa shape index (κ3) is 4.61. The van der Waals surface area contributed by atoms with Crippen LogP contribution in [0.5, 0.6) is 0 Å². The smallest absolute Gasteiger partial charge is 0.261 e. The first-order chi connectivity index (χ1) is 12.5. The third-order valence-electron chi connectivity index (χ3n) is 3.40.